The summed E-state index contributed by atoms with van der Waals surface area (Å²) in [5, 5.41) is 34.8. The predicted octanol–water partition coefficient (Wildman–Crippen LogP) is 2.84. The van der Waals surface area contributed by atoms with Crippen LogP contribution in [0.5, 0.6) is 0 Å². The van der Waals surface area contributed by atoms with Gasteiger partial charge in [0.25, 0.3) is 11.8 Å². The van der Waals surface area contributed by atoms with Gasteiger partial charge in [-0.3, -0.25) is 9.59 Å². The minimum atomic E-state index is -1.22. The van der Waals surface area contributed by atoms with Gasteiger partial charge in [0.15, 0.2) is 11.2 Å². The van der Waals surface area contributed by atoms with Crippen LogP contribution in [0.15, 0.2) is 51.9 Å². The molecule has 2 amide bonds. The third-order valence-electron chi connectivity index (χ3n) is 6.66. The van der Waals surface area contributed by atoms with Gasteiger partial charge in [-0.15, -0.1) is 0 Å². The lowest BCUT2D eigenvalue weighted by atomic mass is 9.87. The number of nitrogens with one attached hydrogen (secondary N) is 2. The molecule has 0 aromatic heterocycles. The van der Waals surface area contributed by atoms with Gasteiger partial charge in [0.05, 0.1) is 32.1 Å². The normalized spacial score (nSPS) is 29.4. The number of aliphatic hydroxyl groups excluding tert-OH is 2. The molecule has 4 aliphatic rings. The second-order valence-corrected chi connectivity index (χ2v) is 12.7. The molecule has 0 aromatic rings. The number of rotatable bonds is 9. The quantitative estimate of drug-likeness (QED) is 0.259. The second-order valence-electron chi connectivity index (χ2n) is 9.29. The van der Waals surface area contributed by atoms with Crippen molar-refractivity contribution in [1.82, 2.24) is 10.6 Å². The third kappa shape index (κ3) is 5.93. The summed E-state index contributed by atoms with van der Waals surface area (Å²) < 4.78 is 12.4. The Labute approximate surface area is 263 Å². The fourth-order valence-corrected chi connectivity index (χ4v) is 8.08. The number of methoxy groups -OCH3 is 2. The van der Waals surface area contributed by atoms with Crippen LogP contribution in [0, 0.1) is 0 Å². The summed E-state index contributed by atoms with van der Waals surface area (Å²) in [7, 11) is 2.96. The van der Waals surface area contributed by atoms with Gasteiger partial charge in [0.1, 0.15) is 35.1 Å². The van der Waals surface area contributed by atoms with E-state index in [1.54, 1.807) is 12.2 Å². The van der Waals surface area contributed by atoms with Crippen LogP contribution in [0.2, 0.25) is 0 Å². The van der Waals surface area contributed by atoms with E-state index in [1.807, 2.05) is 0 Å². The monoisotopic (exact) mass is 814 g/mol. The van der Waals surface area contributed by atoms with Crippen LogP contribution in [-0.4, -0.2) is 84.2 Å². The first-order chi connectivity index (χ1) is 19.0. The Bertz CT molecular complexity index is 1180. The van der Waals surface area contributed by atoms with Crippen molar-refractivity contribution in [3.63, 3.8) is 0 Å². The first-order valence-electron chi connectivity index (χ1n) is 12.1. The van der Waals surface area contributed by atoms with Crippen molar-refractivity contribution in [2.45, 2.75) is 49.1 Å². The van der Waals surface area contributed by atoms with Gasteiger partial charge >= 0.3 is 0 Å². The molecule has 0 bridgehead atoms. The number of unbranched alkanes of at least 4 members (excludes halogenated alkanes) is 1. The number of allylic oxidation sites excluding steroid dienone is 2. The van der Waals surface area contributed by atoms with Crippen LogP contribution in [0.25, 0.3) is 0 Å². The van der Waals surface area contributed by atoms with E-state index in [9.17, 15) is 19.8 Å². The highest BCUT2D eigenvalue weighted by molar-refractivity contribution is 9.12. The van der Waals surface area contributed by atoms with Crippen LogP contribution in [-0.2, 0) is 28.7 Å². The van der Waals surface area contributed by atoms with E-state index in [4.69, 9.17) is 19.1 Å². The molecule has 2 spiro atoms. The average Bonchev–Trinajstić information content (AvgIpc) is 3.54. The zero-order valence-electron chi connectivity index (χ0n) is 21.3. The molecule has 40 heavy (non-hydrogen) atoms. The molecular weight excluding hydrogens is 792 g/mol. The second kappa shape index (κ2) is 12.7. The molecule has 0 aromatic carbocycles. The van der Waals surface area contributed by atoms with Crippen LogP contribution in [0.3, 0.4) is 0 Å². The smallest absolute Gasteiger partial charge is 0.269 e. The molecule has 0 saturated heterocycles. The summed E-state index contributed by atoms with van der Waals surface area (Å²) in [6.07, 6.45) is 2.37. The molecule has 2 heterocycles. The van der Waals surface area contributed by atoms with Gasteiger partial charge in [0, 0.05) is 25.9 Å². The van der Waals surface area contributed by atoms with Gasteiger partial charge < -0.3 is 40.0 Å². The highest BCUT2D eigenvalue weighted by Crippen LogP contribution is 2.45. The largest absolute Gasteiger partial charge is 0.495 e. The number of halogens is 4. The molecule has 0 unspecified atom stereocenters. The number of amides is 2. The van der Waals surface area contributed by atoms with E-state index >= 15 is 0 Å². The van der Waals surface area contributed by atoms with Gasteiger partial charge in [0.2, 0.25) is 0 Å². The number of carbonyl (C=O) groups excluding carboxylic acids is 2. The summed E-state index contributed by atoms with van der Waals surface area (Å²) in [6.45, 7) is 0.696. The zero-order valence-corrected chi connectivity index (χ0v) is 27.6. The Balaban J connectivity index is 1.17. The zero-order chi connectivity index (χ0) is 29.2. The maximum atomic E-state index is 12.6. The summed E-state index contributed by atoms with van der Waals surface area (Å²) in [4.78, 5) is 36.2. The Morgan fingerprint density at radius 2 is 1.23 bits per heavy atom. The lowest BCUT2D eigenvalue weighted by Crippen LogP contribution is -2.45. The Morgan fingerprint density at radius 3 is 1.57 bits per heavy atom. The average molecular weight is 818 g/mol. The van der Waals surface area contributed by atoms with Crippen molar-refractivity contribution >= 4 is 87.0 Å². The van der Waals surface area contributed by atoms with Crippen molar-refractivity contribution in [3.05, 3.63) is 41.6 Å². The Morgan fingerprint density at radius 1 is 0.850 bits per heavy atom. The van der Waals surface area contributed by atoms with Crippen molar-refractivity contribution in [2.75, 3.05) is 27.3 Å². The SMILES string of the molecule is COC1=C(Br)[C@H](O)[C@@]2(C=C1Br)CC(C(=O)NCCCCNC(=O)C1=NO[C@@]3(C=C(Br)C(OC)=C(Br)[C@@H]3O)C1)=NO2. The van der Waals surface area contributed by atoms with E-state index in [0.717, 1.165) is 0 Å². The highest BCUT2D eigenvalue weighted by atomic mass is 79.9. The van der Waals surface area contributed by atoms with Crippen molar-refractivity contribution in [1.29, 1.82) is 0 Å². The fraction of sp³-hybridized carbons (Fsp3) is 0.500. The van der Waals surface area contributed by atoms with Crippen LogP contribution in [0.4, 0.5) is 0 Å². The van der Waals surface area contributed by atoms with E-state index in [2.05, 4.69) is 84.7 Å². The number of aliphatic hydroxyl groups is 2. The van der Waals surface area contributed by atoms with Crippen LogP contribution >= 0.6 is 63.7 Å². The van der Waals surface area contributed by atoms with E-state index in [1.165, 1.54) is 14.2 Å². The molecule has 2 aliphatic carbocycles. The van der Waals surface area contributed by atoms with Crippen LogP contribution in [0.1, 0.15) is 25.7 Å². The van der Waals surface area contributed by atoms with Gasteiger partial charge in [-0.2, -0.15) is 0 Å². The maximum absolute atomic E-state index is 12.6. The first kappa shape index (κ1) is 31.2. The number of nitrogens with zero attached hydrogens (tertiary/aromatic N) is 2. The lowest BCUT2D eigenvalue weighted by molar-refractivity contribution is -0.115. The molecule has 12 nitrogen and oxygen atoms in total. The van der Waals surface area contributed by atoms with Crippen LogP contribution < -0.4 is 10.6 Å². The summed E-state index contributed by atoms with van der Waals surface area (Å²) >= 11 is 13.4. The number of hydrogen-bond acceptors (Lipinski definition) is 10. The minimum absolute atomic E-state index is 0.0720. The molecule has 0 fully saturated rings. The summed E-state index contributed by atoms with van der Waals surface area (Å²) in [6, 6.07) is 0. The maximum Gasteiger partial charge on any atom is 0.269 e. The van der Waals surface area contributed by atoms with Gasteiger partial charge in [-0.1, -0.05) is 10.3 Å². The van der Waals surface area contributed by atoms with Gasteiger partial charge in [-0.25, -0.2) is 0 Å². The first-order valence-corrected chi connectivity index (χ1v) is 15.2. The molecule has 0 radical (unpaired) electrons. The fourth-order valence-electron chi connectivity index (χ4n) is 4.50. The van der Waals surface area contributed by atoms with Crippen molar-refractivity contribution in [3.8, 4) is 0 Å². The van der Waals surface area contributed by atoms with Crippen molar-refractivity contribution < 1.29 is 39.0 Å². The standard InChI is InChI=1S/C24H26Br4N4O8/c1-37-17-11(25)7-23(19(33)15(17)27)9-13(31-39-23)21(35)29-5-3-4-6-30-22(36)14-10-24(40-32-14)8-12(26)18(38-2)16(28)20(24)34/h7-8,19-20,33-34H,3-6,9-10H2,1-2H3,(H,29,35)(H,30,36)/t19-,20-,23-,24+/m0/s1. The molecule has 16 heteroatoms. The third-order valence-corrected chi connectivity index (χ3v) is 9.43. The van der Waals surface area contributed by atoms with Crippen molar-refractivity contribution in [2.24, 2.45) is 10.3 Å². The number of hydrogen-bond donors (Lipinski definition) is 4. The molecule has 4 rings (SSSR count). The molecule has 218 valence electrons. The number of carbonyl (C=O) groups is 2. The topological polar surface area (TPSA) is 160 Å². The molecule has 4 atom stereocenters. The molecule has 2 aliphatic heterocycles. The highest BCUT2D eigenvalue weighted by Gasteiger charge is 2.51. The minimum Gasteiger partial charge on any atom is -0.495 e. The lowest BCUT2D eigenvalue weighted by Gasteiger charge is -2.33. The molecular formula is C24H26Br4N4O8. The Kier molecular flexibility index (Phi) is 9.87. The number of oxime groups is 2. The van der Waals surface area contributed by atoms with E-state index < -0.39 is 35.2 Å². The van der Waals surface area contributed by atoms with E-state index in [-0.39, 0.29) is 24.3 Å². The summed E-state index contributed by atoms with van der Waals surface area (Å²) in [5.74, 6) is 0.0579. The van der Waals surface area contributed by atoms with Gasteiger partial charge in [-0.05, 0) is 88.7 Å². The van der Waals surface area contributed by atoms with E-state index in [0.29, 0.717) is 55.4 Å². The number of ether oxygens (including phenoxy) is 2. The molecule has 0 saturated carbocycles. The summed E-state index contributed by atoms with van der Waals surface area (Å²) in [5.41, 5.74) is -2.13. The predicted molar refractivity (Wildman–Crippen MR) is 159 cm³/mol. The Hall–Kier alpha value is -1.72. The molecule has 4 N–H and O–H groups in total.